The summed E-state index contributed by atoms with van der Waals surface area (Å²) in [4.78, 5) is 22.5. The van der Waals surface area contributed by atoms with E-state index < -0.39 is 0 Å². The van der Waals surface area contributed by atoms with Gasteiger partial charge >= 0.3 is 0 Å². The minimum Gasteiger partial charge on any atom is -0.345 e. The molecule has 1 amide bonds. The van der Waals surface area contributed by atoms with Crippen LogP contribution in [0.4, 0.5) is 0 Å². The Hall–Kier alpha value is -1.53. The Labute approximate surface area is 141 Å². The third kappa shape index (κ3) is 3.87. The Bertz CT molecular complexity index is 632. The molecule has 5 nitrogen and oxygen atoms in total. The Morgan fingerprint density at radius 2 is 2.35 bits per heavy atom. The van der Waals surface area contributed by atoms with E-state index in [9.17, 15) is 4.79 Å². The molecule has 3 rings (SSSR count). The first-order chi connectivity index (χ1) is 11.2. The molecule has 1 aromatic heterocycles. The van der Waals surface area contributed by atoms with Crippen molar-refractivity contribution in [3.63, 3.8) is 0 Å². The van der Waals surface area contributed by atoms with Crippen LogP contribution in [0.1, 0.15) is 31.6 Å². The number of para-hydroxylation sites is 2. The maximum atomic E-state index is 12.4. The topological polar surface area (TPSA) is 61.0 Å². The smallest absolute Gasteiger partial charge is 0.234 e. The van der Waals surface area contributed by atoms with E-state index in [1.54, 1.807) is 0 Å². The van der Waals surface area contributed by atoms with Gasteiger partial charge in [0.1, 0.15) is 5.82 Å². The van der Waals surface area contributed by atoms with Crippen LogP contribution in [-0.4, -0.2) is 51.9 Å². The molecule has 0 saturated carbocycles. The highest BCUT2D eigenvalue weighted by Gasteiger charge is 2.23. The molecule has 1 saturated heterocycles. The lowest BCUT2D eigenvalue weighted by molar-refractivity contribution is -0.123. The number of likely N-dealkylation sites (N-methyl/N-ethyl adjacent to an activating group) is 1. The maximum absolute atomic E-state index is 12.4. The molecule has 2 N–H and O–H groups in total. The second-order valence-electron chi connectivity index (χ2n) is 6.10. The third-order valence-corrected chi connectivity index (χ3v) is 5.55. The summed E-state index contributed by atoms with van der Waals surface area (Å²) in [7, 11) is 2.04. The average Bonchev–Trinajstić information content (AvgIpc) is 3.21. The number of hydrogen-bond acceptors (Lipinski definition) is 4. The predicted octanol–water partition coefficient (Wildman–Crippen LogP) is 2.57. The maximum Gasteiger partial charge on any atom is 0.234 e. The molecule has 2 unspecified atom stereocenters. The van der Waals surface area contributed by atoms with Gasteiger partial charge in [-0.25, -0.2) is 4.98 Å². The number of hydrogen-bond donors (Lipinski definition) is 2. The summed E-state index contributed by atoms with van der Waals surface area (Å²) in [6.45, 7) is 2.51. The first-order valence-electron chi connectivity index (χ1n) is 8.19. The van der Waals surface area contributed by atoms with E-state index >= 15 is 0 Å². The highest BCUT2D eigenvalue weighted by molar-refractivity contribution is 7.99. The summed E-state index contributed by atoms with van der Waals surface area (Å²) in [5.41, 5.74) is 1.95. The normalized spacial score (nSPS) is 19.3. The number of fused-ring (bicyclic) bond motifs is 1. The van der Waals surface area contributed by atoms with Crippen molar-refractivity contribution in [2.45, 2.75) is 31.8 Å². The Kier molecular flexibility index (Phi) is 5.23. The molecule has 2 aromatic rings. The molecule has 0 bridgehead atoms. The summed E-state index contributed by atoms with van der Waals surface area (Å²) >= 11 is 1.97. The molecule has 23 heavy (non-hydrogen) atoms. The third-order valence-electron chi connectivity index (χ3n) is 4.40. The number of thioether (sulfide) groups is 1. The fraction of sp³-hybridized carbons (Fsp3) is 0.529. The number of benzene rings is 1. The summed E-state index contributed by atoms with van der Waals surface area (Å²) in [6, 6.07) is 8.40. The molecule has 1 fully saturated rings. The van der Waals surface area contributed by atoms with Gasteiger partial charge in [0.15, 0.2) is 0 Å². The van der Waals surface area contributed by atoms with Crippen molar-refractivity contribution in [3.8, 4) is 0 Å². The minimum absolute atomic E-state index is 0.0664. The molecule has 0 aliphatic carbocycles. The van der Waals surface area contributed by atoms with Gasteiger partial charge in [-0.2, -0.15) is 11.8 Å². The Balaban J connectivity index is 1.62. The van der Waals surface area contributed by atoms with Crippen LogP contribution in [0.3, 0.4) is 0 Å². The SMILES string of the molecule is CCC(NC(=O)CN(C)C1CCSC1)c1nc2ccccc2[nH]1. The van der Waals surface area contributed by atoms with Crippen molar-refractivity contribution in [1.82, 2.24) is 20.2 Å². The van der Waals surface area contributed by atoms with Crippen LogP contribution in [0.25, 0.3) is 11.0 Å². The molecular weight excluding hydrogens is 308 g/mol. The molecule has 1 aliphatic rings. The van der Waals surface area contributed by atoms with Gasteiger partial charge < -0.3 is 10.3 Å². The number of H-pyrrole nitrogens is 1. The molecule has 1 aromatic carbocycles. The van der Waals surface area contributed by atoms with Crippen molar-refractivity contribution < 1.29 is 4.79 Å². The minimum atomic E-state index is -0.0683. The highest BCUT2D eigenvalue weighted by atomic mass is 32.2. The van der Waals surface area contributed by atoms with Crippen molar-refractivity contribution in [2.75, 3.05) is 25.1 Å². The van der Waals surface area contributed by atoms with Crippen LogP contribution in [0.5, 0.6) is 0 Å². The Morgan fingerprint density at radius 3 is 3.04 bits per heavy atom. The number of nitrogens with one attached hydrogen (secondary N) is 2. The van der Waals surface area contributed by atoms with Gasteiger partial charge in [0.25, 0.3) is 0 Å². The number of amides is 1. The van der Waals surface area contributed by atoms with Gasteiger partial charge in [-0.15, -0.1) is 0 Å². The van der Waals surface area contributed by atoms with Crippen molar-refractivity contribution in [3.05, 3.63) is 30.1 Å². The first-order valence-corrected chi connectivity index (χ1v) is 9.35. The summed E-state index contributed by atoms with van der Waals surface area (Å²) in [5.74, 6) is 3.23. The van der Waals surface area contributed by atoms with E-state index in [0.717, 1.165) is 29.0 Å². The van der Waals surface area contributed by atoms with Crippen molar-refractivity contribution >= 4 is 28.7 Å². The van der Waals surface area contributed by atoms with Gasteiger partial charge in [-0.3, -0.25) is 9.69 Å². The largest absolute Gasteiger partial charge is 0.345 e. The highest BCUT2D eigenvalue weighted by Crippen LogP contribution is 2.21. The number of aromatic nitrogens is 2. The van der Waals surface area contributed by atoms with Gasteiger partial charge in [0.2, 0.25) is 5.91 Å². The zero-order chi connectivity index (χ0) is 16.2. The Morgan fingerprint density at radius 1 is 1.52 bits per heavy atom. The van der Waals surface area contributed by atoms with E-state index in [4.69, 9.17) is 0 Å². The molecule has 0 radical (unpaired) electrons. The lowest BCUT2D eigenvalue weighted by Gasteiger charge is -2.24. The van der Waals surface area contributed by atoms with Gasteiger partial charge in [0, 0.05) is 11.8 Å². The molecule has 1 aliphatic heterocycles. The standard InChI is InChI=1S/C17H24N4OS/c1-3-13(17-19-14-6-4-5-7-15(14)20-17)18-16(22)10-21(2)12-8-9-23-11-12/h4-7,12-13H,3,8-11H2,1-2H3,(H,18,22)(H,19,20). The fourth-order valence-electron chi connectivity index (χ4n) is 2.97. The van der Waals surface area contributed by atoms with Crippen molar-refractivity contribution in [2.24, 2.45) is 0 Å². The van der Waals surface area contributed by atoms with Crippen LogP contribution in [0.15, 0.2) is 24.3 Å². The molecule has 2 atom stereocenters. The van der Waals surface area contributed by atoms with Gasteiger partial charge in [-0.05, 0) is 37.8 Å². The second-order valence-corrected chi connectivity index (χ2v) is 7.25. The first kappa shape index (κ1) is 16.3. The van der Waals surface area contributed by atoms with E-state index in [2.05, 4.69) is 27.1 Å². The zero-order valence-corrected chi connectivity index (χ0v) is 14.5. The monoisotopic (exact) mass is 332 g/mol. The molecule has 124 valence electrons. The fourth-order valence-corrected chi connectivity index (χ4v) is 4.27. The van der Waals surface area contributed by atoms with Crippen LogP contribution < -0.4 is 5.32 Å². The van der Waals surface area contributed by atoms with E-state index in [0.29, 0.717) is 12.6 Å². The van der Waals surface area contributed by atoms with Gasteiger partial charge in [0.05, 0.1) is 23.6 Å². The molecule has 0 spiro atoms. The summed E-state index contributed by atoms with van der Waals surface area (Å²) in [6.07, 6.45) is 1.99. The number of rotatable bonds is 6. The van der Waals surface area contributed by atoms with Crippen molar-refractivity contribution in [1.29, 1.82) is 0 Å². The zero-order valence-electron chi connectivity index (χ0n) is 13.7. The predicted molar refractivity (Wildman–Crippen MR) is 95.6 cm³/mol. The average molecular weight is 332 g/mol. The number of carbonyl (C=O) groups excluding carboxylic acids is 1. The van der Waals surface area contributed by atoms with Crippen LogP contribution >= 0.6 is 11.8 Å². The number of imidazole rings is 1. The van der Waals surface area contributed by atoms with E-state index in [-0.39, 0.29) is 11.9 Å². The summed E-state index contributed by atoms with van der Waals surface area (Å²) in [5, 5.41) is 3.12. The van der Waals surface area contributed by atoms with Crippen LogP contribution in [0, 0.1) is 0 Å². The van der Waals surface area contributed by atoms with E-state index in [1.807, 2.05) is 43.1 Å². The van der Waals surface area contributed by atoms with Crippen LogP contribution in [0.2, 0.25) is 0 Å². The number of aromatic amines is 1. The quantitative estimate of drug-likeness (QED) is 0.853. The van der Waals surface area contributed by atoms with Crippen LogP contribution in [-0.2, 0) is 4.79 Å². The number of nitrogens with zero attached hydrogens (tertiary/aromatic N) is 2. The molecular formula is C17H24N4OS. The molecule has 6 heteroatoms. The second kappa shape index (κ2) is 7.36. The van der Waals surface area contributed by atoms with E-state index in [1.165, 1.54) is 12.2 Å². The number of carbonyl (C=O) groups is 1. The summed E-state index contributed by atoms with van der Waals surface area (Å²) < 4.78 is 0. The molecule has 2 heterocycles. The van der Waals surface area contributed by atoms with Gasteiger partial charge in [-0.1, -0.05) is 19.1 Å². The lowest BCUT2D eigenvalue weighted by Crippen LogP contribution is -2.41. The lowest BCUT2D eigenvalue weighted by atomic mass is 10.2.